The Bertz CT molecular complexity index is 809. The van der Waals surface area contributed by atoms with Gasteiger partial charge in [-0.3, -0.25) is 0 Å². The Morgan fingerprint density at radius 2 is 2.10 bits per heavy atom. The van der Waals surface area contributed by atoms with Gasteiger partial charge in [-0.05, 0) is 24.6 Å². The summed E-state index contributed by atoms with van der Waals surface area (Å²) in [6, 6.07) is 12.2. The molecular weight excluding hydrogens is 268 g/mol. The number of para-hydroxylation sites is 1. The number of aromatic hydroxyl groups is 1. The highest BCUT2D eigenvalue weighted by Crippen LogP contribution is 2.41. The molecule has 0 saturated carbocycles. The van der Waals surface area contributed by atoms with Crippen molar-refractivity contribution in [2.24, 2.45) is 0 Å². The summed E-state index contributed by atoms with van der Waals surface area (Å²) in [6.07, 6.45) is 0. The van der Waals surface area contributed by atoms with Crippen LogP contribution in [0.3, 0.4) is 0 Å². The molecule has 3 aromatic rings. The summed E-state index contributed by atoms with van der Waals surface area (Å²) < 4.78 is 1.14. The minimum atomic E-state index is 0.206. The van der Waals surface area contributed by atoms with Crippen molar-refractivity contribution in [2.75, 3.05) is 11.9 Å². The molecule has 2 N–H and O–H groups in total. The largest absolute Gasteiger partial charge is 0.508 e. The molecule has 4 rings (SSSR count). The van der Waals surface area contributed by atoms with Crippen LogP contribution >= 0.6 is 11.3 Å². The summed E-state index contributed by atoms with van der Waals surface area (Å²) >= 11 is 1.67. The van der Waals surface area contributed by atoms with Crippen LogP contribution in [0.2, 0.25) is 0 Å². The maximum atomic E-state index is 10.3. The molecule has 2 aromatic carbocycles. The number of aryl methyl sites for hydroxylation is 1. The molecule has 0 fully saturated rings. The maximum absolute atomic E-state index is 10.3. The van der Waals surface area contributed by atoms with Gasteiger partial charge in [-0.15, -0.1) is 11.3 Å². The molecule has 0 bridgehead atoms. The molecule has 0 amide bonds. The monoisotopic (exact) mass is 282 g/mol. The summed E-state index contributed by atoms with van der Waals surface area (Å²) in [4.78, 5) is 4.43. The first kappa shape index (κ1) is 11.7. The molecule has 1 aliphatic rings. The third kappa shape index (κ3) is 1.68. The van der Waals surface area contributed by atoms with Crippen molar-refractivity contribution < 1.29 is 5.11 Å². The lowest BCUT2D eigenvalue weighted by Gasteiger charge is -2.12. The van der Waals surface area contributed by atoms with Gasteiger partial charge in [-0.2, -0.15) is 0 Å². The second-order valence-corrected chi connectivity index (χ2v) is 6.37. The predicted molar refractivity (Wildman–Crippen MR) is 82.8 cm³/mol. The Balaban J connectivity index is 1.88. The normalized spacial score (nSPS) is 17.1. The average Bonchev–Trinajstić information content (AvgIpc) is 3.00. The number of nitrogens with one attached hydrogen (secondary N) is 1. The van der Waals surface area contributed by atoms with Crippen molar-refractivity contribution >= 4 is 27.2 Å². The molecule has 0 aliphatic carbocycles. The van der Waals surface area contributed by atoms with E-state index < -0.39 is 0 Å². The Morgan fingerprint density at radius 3 is 3.00 bits per heavy atom. The zero-order valence-corrected chi connectivity index (χ0v) is 11.9. The third-order valence-electron chi connectivity index (χ3n) is 3.85. The van der Waals surface area contributed by atoms with Gasteiger partial charge in [-0.25, -0.2) is 4.98 Å². The third-order valence-corrected chi connectivity index (χ3v) is 4.79. The lowest BCUT2D eigenvalue weighted by Crippen LogP contribution is -2.03. The van der Waals surface area contributed by atoms with Crippen LogP contribution in [0.15, 0.2) is 36.4 Å². The molecule has 20 heavy (non-hydrogen) atoms. The van der Waals surface area contributed by atoms with Crippen LogP contribution in [0.4, 0.5) is 5.69 Å². The number of phenols is 1. The van der Waals surface area contributed by atoms with Gasteiger partial charge in [0.1, 0.15) is 5.75 Å². The van der Waals surface area contributed by atoms with Crippen molar-refractivity contribution in [3.8, 4) is 5.75 Å². The second kappa shape index (κ2) is 4.21. The molecule has 1 unspecified atom stereocenters. The van der Waals surface area contributed by atoms with Crippen LogP contribution < -0.4 is 5.32 Å². The van der Waals surface area contributed by atoms with Crippen LogP contribution in [-0.4, -0.2) is 16.6 Å². The van der Waals surface area contributed by atoms with Gasteiger partial charge in [-0.1, -0.05) is 18.2 Å². The molecule has 100 valence electrons. The van der Waals surface area contributed by atoms with E-state index in [1.165, 1.54) is 5.56 Å². The van der Waals surface area contributed by atoms with Crippen LogP contribution in [0, 0.1) is 6.92 Å². The van der Waals surface area contributed by atoms with Crippen molar-refractivity contribution in [2.45, 2.75) is 12.8 Å². The highest BCUT2D eigenvalue weighted by molar-refractivity contribution is 7.18. The van der Waals surface area contributed by atoms with E-state index in [4.69, 9.17) is 0 Å². The maximum Gasteiger partial charge on any atom is 0.121 e. The number of hydrogen-bond acceptors (Lipinski definition) is 4. The molecule has 0 spiro atoms. The molecule has 1 aromatic heterocycles. The topological polar surface area (TPSA) is 45.2 Å². The van der Waals surface area contributed by atoms with Crippen molar-refractivity contribution in [3.63, 3.8) is 0 Å². The van der Waals surface area contributed by atoms with Gasteiger partial charge in [0.05, 0.1) is 15.2 Å². The SMILES string of the molecule is Cc1nc2cc(O)c(C3CNc4ccccc43)cc2s1. The van der Waals surface area contributed by atoms with Gasteiger partial charge in [0.25, 0.3) is 0 Å². The number of anilines is 1. The number of nitrogens with zero attached hydrogens (tertiary/aromatic N) is 1. The van der Waals surface area contributed by atoms with Gasteiger partial charge < -0.3 is 10.4 Å². The summed E-state index contributed by atoms with van der Waals surface area (Å²) in [5.41, 5.74) is 4.28. The number of aromatic nitrogens is 1. The first-order valence-corrected chi connectivity index (χ1v) is 7.47. The van der Waals surface area contributed by atoms with Crippen LogP contribution in [-0.2, 0) is 0 Å². The van der Waals surface area contributed by atoms with E-state index >= 15 is 0 Å². The van der Waals surface area contributed by atoms with E-state index in [-0.39, 0.29) is 5.92 Å². The van der Waals surface area contributed by atoms with E-state index in [1.54, 1.807) is 17.4 Å². The average molecular weight is 282 g/mol. The summed E-state index contributed by atoms with van der Waals surface area (Å²) in [5.74, 6) is 0.546. The van der Waals surface area contributed by atoms with E-state index in [2.05, 4.69) is 28.5 Å². The number of phenolic OH excluding ortho intramolecular Hbond substituents is 1. The molecular formula is C16H14N2OS. The van der Waals surface area contributed by atoms with Gasteiger partial charge >= 0.3 is 0 Å². The Morgan fingerprint density at radius 1 is 1.25 bits per heavy atom. The minimum Gasteiger partial charge on any atom is -0.508 e. The quantitative estimate of drug-likeness (QED) is 0.712. The fourth-order valence-electron chi connectivity index (χ4n) is 2.93. The van der Waals surface area contributed by atoms with Crippen molar-refractivity contribution in [1.82, 2.24) is 4.98 Å². The highest BCUT2D eigenvalue weighted by Gasteiger charge is 2.26. The first-order chi connectivity index (χ1) is 9.72. The molecule has 1 aliphatic heterocycles. The molecule has 0 saturated heterocycles. The molecule has 0 radical (unpaired) electrons. The minimum absolute atomic E-state index is 0.206. The van der Waals surface area contributed by atoms with Crippen molar-refractivity contribution in [1.29, 1.82) is 0 Å². The lowest BCUT2D eigenvalue weighted by molar-refractivity contribution is 0.467. The molecule has 3 nitrogen and oxygen atoms in total. The Kier molecular flexibility index (Phi) is 2.47. The first-order valence-electron chi connectivity index (χ1n) is 6.65. The zero-order chi connectivity index (χ0) is 13.7. The number of hydrogen-bond donors (Lipinski definition) is 2. The van der Waals surface area contributed by atoms with E-state index in [1.807, 2.05) is 19.1 Å². The fourth-order valence-corrected chi connectivity index (χ4v) is 3.79. The fraction of sp³-hybridized carbons (Fsp3) is 0.188. The Labute approximate surface area is 120 Å². The van der Waals surface area contributed by atoms with Gasteiger partial charge in [0, 0.05) is 29.8 Å². The summed E-state index contributed by atoms with van der Waals surface area (Å²) in [6.45, 7) is 2.82. The molecule has 4 heteroatoms. The smallest absolute Gasteiger partial charge is 0.121 e. The van der Waals surface area contributed by atoms with E-state index in [0.717, 1.165) is 33.0 Å². The van der Waals surface area contributed by atoms with E-state index in [0.29, 0.717) is 5.75 Å². The van der Waals surface area contributed by atoms with E-state index in [9.17, 15) is 5.11 Å². The number of thiazole rings is 1. The van der Waals surface area contributed by atoms with Crippen LogP contribution in [0.25, 0.3) is 10.2 Å². The second-order valence-electron chi connectivity index (χ2n) is 5.13. The predicted octanol–water partition coefficient (Wildman–Crippen LogP) is 3.87. The zero-order valence-electron chi connectivity index (χ0n) is 11.1. The Hall–Kier alpha value is -2.07. The highest BCUT2D eigenvalue weighted by atomic mass is 32.1. The molecule has 1 atom stereocenters. The standard InChI is InChI=1S/C16H14N2OS/c1-9-18-14-7-15(19)11(6-16(14)20-9)12-8-17-13-5-3-2-4-10(12)13/h2-7,12,17,19H,8H2,1H3. The number of benzene rings is 2. The summed E-state index contributed by atoms with van der Waals surface area (Å²) in [5, 5.41) is 14.8. The summed E-state index contributed by atoms with van der Waals surface area (Å²) in [7, 11) is 0. The van der Waals surface area contributed by atoms with Gasteiger partial charge in [0.2, 0.25) is 0 Å². The van der Waals surface area contributed by atoms with Crippen LogP contribution in [0.1, 0.15) is 22.1 Å². The number of fused-ring (bicyclic) bond motifs is 2. The molecule has 2 heterocycles. The number of rotatable bonds is 1. The lowest BCUT2D eigenvalue weighted by atomic mass is 9.92. The van der Waals surface area contributed by atoms with Crippen LogP contribution in [0.5, 0.6) is 5.75 Å². The van der Waals surface area contributed by atoms with Gasteiger partial charge in [0.15, 0.2) is 0 Å². The van der Waals surface area contributed by atoms with Crippen molar-refractivity contribution in [3.05, 3.63) is 52.5 Å².